The molecule has 1 aliphatic heterocycles. The van der Waals surface area contributed by atoms with Crippen molar-refractivity contribution in [1.29, 1.82) is 0 Å². The molecule has 0 bridgehead atoms. The summed E-state index contributed by atoms with van der Waals surface area (Å²) >= 11 is 6.55. The molecule has 7 nitrogen and oxygen atoms in total. The first kappa shape index (κ1) is 25.6. The third kappa shape index (κ3) is 5.29. The first-order chi connectivity index (χ1) is 18.4. The molecule has 1 amide bonds. The minimum absolute atomic E-state index is 0.125. The van der Waals surface area contributed by atoms with Gasteiger partial charge in [-0.3, -0.25) is 9.69 Å². The molecule has 9 heteroatoms. The van der Waals surface area contributed by atoms with Crippen LogP contribution in [0.2, 0.25) is 0 Å². The number of rotatable bonds is 9. The zero-order valence-corrected chi connectivity index (χ0v) is 22.1. The van der Waals surface area contributed by atoms with E-state index in [1.165, 1.54) is 4.90 Å². The number of para-hydroxylation sites is 1. The maximum Gasteiger partial charge on any atom is 0.327 e. The number of amides is 1. The van der Waals surface area contributed by atoms with Crippen LogP contribution in [0.15, 0.2) is 83.9 Å². The number of carboxylic acid groups (broad SMARTS) is 1. The number of aromatic nitrogens is 1. The second-order valence-electron chi connectivity index (χ2n) is 8.65. The number of carboxylic acids is 1. The number of aliphatic carboxylic acids is 1. The molecule has 0 spiro atoms. The second-order valence-corrected chi connectivity index (χ2v) is 10.3. The standard InChI is InChI=1S/C29H24N2O5S2/c1-35-25-13-19(11-12-24(25)36-17-18-7-3-2-4-8-18)14-26-27(32)31(29(37)38-26)23(28(33)34)15-20-16-30-22-10-6-5-9-21(20)22/h2-14,16,23,30H,15,17H2,1H3,(H,33,34)/b26-14-. The minimum Gasteiger partial charge on any atom is -0.493 e. The summed E-state index contributed by atoms with van der Waals surface area (Å²) in [6.07, 6.45) is 3.59. The van der Waals surface area contributed by atoms with E-state index in [1.807, 2.05) is 60.7 Å². The van der Waals surface area contributed by atoms with Gasteiger partial charge in [0.25, 0.3) is 5.91 Å². The highest BCUT2D eigenvalue weighted by Crippen LogP contribution is 2.37. The van der Waals surface area contributed by atoms with Crippen LogP contribution < -0.4 is 9.47 Å². The maximum atomic E-state index is 13.4. The summed E-state index contributed by atoms with van der Waals surface area (Å²) in [5.41, 5.74) is 3.45. The Hall–Kier alpha value is -4.08. The highest BCUT2D eigenvalue weighted by molar-refractivity contribution is 8.26. The van der Waals surface area contributed by atoms with Crippen molar-refractivity contribution in [2.24, 2.45) is 0 Å². The molecule has 2 heterocycles. The van der Waals surface area contributed by atoms with Crippen LogP contribution in [0.3, 0.4) is 0 Å². The molecular formula is C29H24N2O5S2. The number of carbonyl (C=O) groups excluding carboxylic acids is 1. The molecule has 38 heavy (non-hydrogen) atoms. The lowest BCUT2D eigenvalue weighted by Gasteiger charge is -2.23. The van der Waals surface area contributed by atoms with Crippen molar-refractivity contribution in [3.63, 3.8) is 0 Å². The molecular weight excluding hydrogens is 520 g/mol. The molecule has 1 saturated heterocycles. The van der Waals surface area contributed by atoms with Gasteiger partial charge in [-0.2, -0.15) is 0 Å². The Balaban J connectivity index is 1.35. The fourth-order valence-electron chi connectivity index (χ4n) is 4.33. The molecule has 1 aliphatic rings. The smallest absolute Gasteiger partial charge is 0.327 e. The van der Waals surface area contributed by atoms with Crippen LogP contribution in [0, 0.1) is 0 Å². The Kier molecular flexibility index (Phi) is 7.48. The molecule has 4 aromatic rings. The normalized spacial score (nSPS) is 15.3. The number of hydrogen-bond donors (Lipinski definition) is 2. The predicted octanol–water partition coefficient (Wildman–Crippen LogP) is 5.65. The summed E-state index contributed by atoms with van der Waals surface area (Å²) in [6, 6.07) is 21.7. The molecule has 2 N–H and O–H groups in total. The number of fused-ring (bicyclic) bond motifs is 1. The molecule has 1 aromatic heterocycles. The number of ether oxygens (including phenoxy) is 2. The Morgan fingerprint density at radius 2 is 1.87 bits per heavy atom. The van der Waals surface area contributed by atoms with Crippen LogP contribution >= 0.6 is 24.0 Å². The number of thiocarbonyl (C=S) groups is 1. The Morgan fingerprint density at radius 3 is 2.63 bits per heavy atom. The van der Waals surface area contributed by atoms with E-state index in [0.29, 0.717) is 28.6 Å². The topological polar surface area (TPSA) is 91.9 Å². The van der Waals surface area contributed by atoms with Crippen LogP contribution in [-0.4, -0.2) is 44.3 Å². The lowest BCUT2D eigenvalue weighted by Crippen LogP contribution is -2.45. The van der Waals surface area contributed by atoms with Gasteiger partial charge in [0.1, 0.15) is 17.0 Å². The highest BCUT2D eigenvalue weighted by atomic mass is 32.2. The lowest BCUT2D eigenvalue weighted by atomic mass is 10.0. The first-order valence-electron chi connectivity index (χ1n) is 11.8. The first-order valence-corrected chi connectivity index (χ1v) is 13.1. The summed E-state index contributed by atoms with van der Waals surface area (Å²) in [6.45, 7) is 0.391. The van der Waals surface area contributed by atoms with Crippen LogP contribution in [0.1, 0.15) is 16.7 Å². The maximum absolute atomic E-state index is 13.4. The zero-order chi connectivity index (χ0) is 26.6. The minimum atomic E-state index is -1.13. The van der Waals surface area contributed by atoms with E-state index >= 15 is 0 Å². The van der Waals surface area contributed by atoms with E-state index in [-0.39, 0.29) is 10.7 Å². The largest absolute Gasteiger partial charge is 0.493 e. The van der Waals surface area contributed by atoms with Gasteiger partial charge in [0.05, 0.1) is 12.0 Å². The molecule has 1 unspecified atom stereocenters. The van der Waals surface area contributed by atoms with Crippen molar-refractivity contribution >= 4 is 57.2 Å². The van der Waals surface area contributed by atoms with E-state index in [1.54, 1.807) is 31.5 Å². The van der Waals surface area contributed by atoms with E-state index < -0.39 is 17.9 Å². The van der Waals surface area contributed by atoms with Gasteiger partial charge >= 0.3 is 5.97 Å². The SMILES string of the molecule is COc1cc(/C=C2\SC(=S)N(C(Cc3c[nH]c4ccccc34)C(=O)O)C2=O)ccc1OCc1ccccc1. The number of thioether (sulfide) groups is 1. The van der Waals surface area contributed by atoms with Gasteiger partial charge in [0.15, 0.2) is 11.5 Å². The number of aromatic amines is 1. The molecule has 0 aliphatic carbocycles. The van der Waals surface area contributed by atoms with Gasteiger partial charge in [-0.1, -0.05) is 78.6 Å². The van der Waals surface area contributed by atoms with Gasteiger partial charge in [-0.15, -0.1) is 0 Å². The van der Waals surface area contributed by atoms with E-state index in [9.17, 15) is 14.7 Å². The number of H-pyrrole nitrogens is 1. The van der Waals surface area contributed by atoms with Crippen molar-refractivity contribution in [1.82, 2.24) is 9.88 Å². The molecule has 0 saturated carbocycles. The van der Waals surface area contributed by atoms with E-state index in [2.05, 4.69) is 4.98 Å². The van der Waals surface area contributed by atoms with E-state index in [4.69, 9.17) is 21.7 Å². The van der Waals surface area contributed by atoms with Crippen LogP contribution in [0.5, 0.6) is 11.5 Å². The third-order valence-electron chi connectivity index (χ3n) is 6.23. The number of carbonyl (C=O) groups is 2. The summed E-state index contributed by atoms with van der Waals surface area (Å²) in [7, 11) is 1.55. The number of nitrogens with zero attached hydrogens (tertiary/aromatic N) is 1. The third-order valence-corrected chi connectivity index (χ3v) is 7.56. The van der Waals surface area contributed by atoms with Gasteiger partial charge in [0, 0.05) is 23.5 Å². The second kappa shape index (κ2) is 11.1. The molecule has 5 rings (SSSR count). The Bertz CT molecular complexity index is 1550. The predicted molar refractivity (Wildman–Crippen MR) is 152 cm³/mol. The quantitative estimate of drug-likeness (QED) is 0.208. The summed E-state index contributed by atoms with van der Waals surface area (Å²) < 4.78 is 11.6. The summed E-state index contributed by atoms with van der Waals surface area (Å²) in [4.78, 5) is 30.3. The van der Waals surface area contributed by atoms with E-state index in [0.717, 1.165) is 33.8 Å². The number of methoxy groups -OCH3 is 1. The Morgan fingerprint density at radius 1 is 1.11 bits per heavy atom. The number of benzene rings is 3. The Labute approximate surface area is 229 Å². The lowest BCUT2D eigenvalue weighted by molar-refractivity contribution is -0.145. The van der Waals surface area contributed by atoms with Crippen molar-refractivity contribution in [3.05, 3.63) is 101 Å². The van der Waals surface area contributed by atoms with Gasteiger partial charge in [0.2, 0.25) is 0 Å². The van der Waals surface area contributed by atoms with Crippen LogP contribution in [0.25, 0.3) is 17.0 Å². The van der Waals surface area contributed by atoms with Crippen molar-refractivity contribution in [2.45, 2.75) is 19.1 Å². The molecule has 0 radical (unpaired) electrons. The highest BCUT2D eigenvalue weighted by Gasteiger charge is 2.40. The fraction of sp³-hybridized carbons (Fsp3) is 0.138. The molecule has 1 fully saturated rings. The molecule has 192 valence electrons. The fourth-order valence-corrected chi connectivity index (χ4v) is 5.68. The molecule has 3 aromatic carbocycles. The number of hydrogen-bond acceptors (Lipinski definition) is 6. The monoisotopic (exact) mass is 544 g/mol. The van der Waals surface area contributed by atoms with Crippen molar-refractivity contribution < 1.29 is 24.2 Å². The van der Waals surface area contributed by atoms with Crippen LogP contribution in [-0.2, 0) is 22.6 Å². The number of nitrogens with one attached hydrogen (secondary N) is 1. The van der Waals surface area contributed by atoms with Crippen molar-refractivity contribution in [3.8, 4) is 11.5 Å². The summed E-state index contributed by atoms with van der Waals surface area (Å²) in [5, 5.41) is 10.9. The van der Waals surface area contributed by atoms with Crippen molar-refractivity contribution in [2.75, 3.05) is 7.11 Å². The molecule has 1 atom stereocenters. The zero-order valence-electron chi connectivity index (χ0n) is 20.4. The van der Waals surface area contributed by atoms with Gasteiger partial charge in [-0.25, -0.2) is 4.79 Å². The van der Waals surface area contributed by atoms with Gasteiger partial charge < -0.3 is 19.6 Å². The summed E-state index contributed by atoms with van der Waals surface area (Å²) in [5.74, 6) is -0.455. The average molecular weight is 545 g/mol. The van der Waals surface area contributed by atoms with Gasteiger partial charge in [-0.05, 0) is 41.0 Å². The van der Waals surface area contributed by atoms with Crippen LogP contribution in [0.4, 0.5) is 0 Å². The average Bonchev–Trinajstić information content (AvgIpc) is 3.46.